The molecule has 3 aromatic carbocycles. The molecule has 3 aromatic rings. The Morgan fingerprint density at radius 3 is 2.46 bits per heavy atom. The summed E-state index contributed by atoms with van der Waals surface area (Å²) in [7, 11) is -3.61. The quantitative estimate of drug-likeness (QED) is 0.111. The second kappa shape index (κ2) is 16.0. The Morgan fingerprint density at radius 2 is 1.75 bits per heavy atom. The van der Waals surface area contributed by atoms with Gasteiger partial charge in [-0.25, -0.2) is 18.6 Å². The first-order chi connectivity index (χ1) is 22.9. The summed E-state index contributed by atoms with van der Waals surface area (Å²) in [5.41, 5.74) is 4.68. The van der Waals surface area contributed by atoms with Crippen LogP contribution in [-0.4, -0.2) is 66.6 Å². The van der Waals surface area contributed by atoms with Crippen LogP contribution in [0.3, 0.4) is 0 Å². The maximum absolute atomic E-state index is 14.4. The van der Waals surface area contributed by atoms with Crippen molar-refractivity contribution in [1.82, 2.24) is 15.1 Å². The summed E-state index contributed by atoms with van der Waals surface area (Å²) >= 11 is 13.0. The van der Waals surface area contributed by atoms with E-state index in [2.05, 4.69) is 10.2 Å². The van der Waals surface area contributed by atoms with Crippen LogP contribution in [0.5, 0.6) is 5.75 Å². The number of hydrogen-bond donors (Lipinski definition) is 4. The number of carbonyl (C=O) groups excluding carboxylic acids is 2. The molecule has 5 rings (SSSR count). The highest BCUT2D eigenvalue weighted by Crippen LogP contribution is 2.47. The van der Waals surface area contributed by atoms with Crippen LogP contribution >= 0.6 is 23.2 Å². The molecule has 1 aliphatic carbocycles. The van der Waals surface area contributed by atoms with E-state index < -0.39 is 46.3 Å². The number of carbonyl (C=O) groups is 2. The third-order valence-corrected chi connectivity index (χ3v) is 9.90. The third-order valence-electron chi connectivity index (χ3n) is 8.60. The molecule has 2 aliphatic rings. The normalized spacial score (nSPS) is 21.2. The van der Waals surface area contributed by atoms with Gasteiger partial charge in [-0.3, -0.25) is 14.4 Å². The first kappa shape index (κ1) is 36.1. The molecule has 4 atom stereocenters. The minimum atomic E-state index is -3.61. The molecule has 2 amide bonds. The molecule has 0 radical (unpaired) electrons. The van der Waals surface area contributed by atoms with Crippen LogP contribution in [0.25, 0.3) is 0 Å². The van der Waals surface area contributed by atoms with Gasteiger partial charge in [-0.2, -0.15) is 0 Å². The number of amides is 2. The second-order valence-electron chi connectivity index (χ2n) is 12.1. The average molecular weight is 721 g/mol. The van der Waals surface area contributed by atoms with E-state index in [9.17, 15) is 18.0 Å². The summed E-state index contributed by atoms with van der Waals surface area (Å²) in [5.74, 6) is -1.20. The topological polar surface area (TPSA) is 154 Å². The van der Waals surface area contributed by atoms with Gasteiger partial charge in [0.25, 0.3) is 11.8 Å². The number of nitrogens with zero attached hydrogens (tertiary/aromatic N) is 1. The van der Waals surface area contributed by atoms with E-state index in [1.165, 1.54) is 0 Å². The number of benzene rings is 3. The molecule has 4 N–H and O–H groups in total. The number of hydroxylamine groups is 1. The van der Waals surface area contributed by atoms with Crippen LogP contribution in [0.1, 0.15) is 77.5 Å². The number of nitrogens with one attached hydrogen (secondary N) is 2. The number of fused-ring (bicyclic) bond motifs is 1. The van der Waals surface area contributed by atoms with Crippen LogP contribution in [0, 0.1) is 0 Å². The highest BCUT2D eigenvalue weighted by Gasteiger charge is 2.49. The minimum absolute atomic E-state index is 0.0368. The van der Waals surface area contributed by atoms with Gasteiger partial charge in [-0.05, 0) is 66.3 Å². The molecule has 0 unspecified atom stereocenters. The maximum atomic E-state index is 14.4. The van der Waals surface area contributed by atoms with Crippen molar-refractivity contribution in [3.63, 3.8) is 0 Å². The number of halogens is 2. The smallest absolute Gasteiger partial charge is 0.255 e. The standard InChI is InChI=1S/C34H39Cl2N3O8S/c1-48(44,45)38-28-9-4-5-10-29(28)39-32(26-17-14-22(35)19-27(26)36)31(24-7-2-3-8-25(24)34(39)43)33(42)37-47-20-21-12-15-23(16-13-21)46-18-6-11-30(40)41/h2-3,7-8,12-17,19,28-32,38,40-41H,4-6,9-11,18,20H2,1H3,(H,37,42)/t28-,29-,31+,32-/m0/s1. The van der Waals surface area contributed by atoms with E-state index in [-0.39, 0.29) is 24.0 Å². The van der Waals surface area contributed by atoms with Gasteiger partial charge in [0.2, 0.25) is 10.0 Å². The molecule has 14 heteroatoms. The molecule has 1 aliphatic heterocycles. The summed E-state index contributed by atoms with van der Waals surface area (Å²) in [5, 5.41) is 18.6. The highest BCUT2D eigenvalue weighted by molar-refractivity contribution is 7.88. The first-order valence-electron chi connectivity index (χ1n) is 15.8. The third kappa shape index (κ3) is 8.86. The van der Waals surface area contributed by atoms with Crippen LogP contribution in [0.2, 0.25) is 10.0 Å². The molecule has 0 bridgehead atoms. The van der Waals surface area contributed by atoms with E-state index >= 15 is 0 Å². The molecule has 1 heterocycles. The Bertz CT molecular complexity index is 1710. The molecule has 11 nitrogen and oxygen atoms in total. The Balaban J connectivity index is 1.43. The Labute approximate surface area is 290 Å². The van der Waals surface area contributed by atoms with E-state index in [1.807, 2.05) is 0 Å². The summed E-state index contributed by atoms with van der Waals surface area (Å²) in [6, 6.07) is 16.8. The molecule has 0 spiro atoms. The van der Waals surface area contributed by atoms with Crippen molar-refractivity contribution < 1.29 is 37.8 Å². The van der Waals surface area contributed by atoms with E-state index in [0.29, 0.717) is 53.3 Å². The fraction of sp³-hybridized carbons (Fsp3) is 0.412. The van der Waals surface area contributed by atoms with Gasteiger partial charge in [-0.15, -0.1) is 0 Å². The zero-order valence-corrected chi connectivity index (χ0v) is 28.7. The Kier molecular flexibility index (Phi) is 12.0. The number of aliphatic hydroxyl groups is 2. The predicted molar refractivity (Wildman–Crippen MR) is 181 cm³/mol. The van der Waals surface area contributed by atoms with Crippen LogP contribution in [-0.2, 0) is 26.3 Å². The van der Waals surface area contributed by atoms with Crippen LogP contribution < -0.4 is 14.9 Å². The minimum Gasteiger partial charge on any atom is -0.494 e. The molecular weight excluding hydrogens is 681 g/mol. The number of sulfonamides is 1. The van der Waals surface area contributed by atoms with Crippen LogP contribution in [0.15, 0.2) is 66.7 Å². The predicted octanol–water partition coefficient (Wildman–Crippen LogP) is 4.85. The average Bonchev–Trinajstić information content (AvgIpc) is 3.03. The van der Waals surface area contributed by atoms with Crippen molar-refractivity contribution in [2.24, 2.45) is 0 Å². The van der Waals surface area contributed by atoms with Gasteiger partial charge in [0.05, 0.1) is 31.4 Å². The van der Waals surface area contributed by atoms with E-state index in [0.717, 1.165) is 24.7 Å². The maximum Gasteiger partial charge on any atom is 0.255 e. The lowest BCUT2D eigenvalue weighted by molar-refractivity contribution is -0.138. The van der Waals surface area contributed by atoms with Gasteiger partial charge in [0.1, 0.15) is 5.75 Å². The van der Waals surface area contributed by atoms with Crippen molar-refractivity contribution in [2.75, 3.05) is 12.9 Å². The monoisotopic (exact) mass is 719 g/mol. The molecule has 1 saturated carbocycles. The Hall–Kier alpha value is -3.23. The summed E-state index contributed by atoms with van der Waals surface area (Å²) < 4.78 is 33.2. The SMILES string of the molecule is CS(=O)(=O)N[C@H]1CCCC[C@@H]1N1C(=O)c2ccccc2[C@@H](C(=O)NOCc2ccc(OCCCC(O)O)cc2)[C@@H]1c1ccc(Cl)cc1Cl. The van der Waals surface area contributed by atoms with Gasteiger partial charge in [0.15, 0.2) is 6.29 Å². The van der Waals surface area contributed by atoms with Gasteiger partial charge in [-0.1, -0.05) is 72.4 Å². The molecule has 1 fully saturated rings. The van der Waals surface area contributed by atoms with E-state index in [4.69, 9.17) is 43.0 Å². The summed E-state index contributed by atoms with van der Waals surface area (Å²) in [6.07, 6.45) is 3.04. The number of aliphatic hydroxyl groups excluding tert-OH is 1. The van der Waals surface area contributed by atoms with Crippen molar-refractivity contribution in [1.29, 1.82) is 0 Å². The van der Waals surface area contributed by atoms with Crippen molar-refractivity contribution in [2.45, 2.75) is 75.5 Å². The zero-order chi connectivity index (χ0) is 34.4. The number of ether oxygens (including phenoxy) is 1. The zero-order valence-electron chi connectivity index (χ0n) is 26.3. The highest BCUT2D eigenvalue weighted by atomic mass is 35.5. The lowest BCUT2D eigenvalue weighted by Crippen LogP contribution is -2.59. The fourth-order valence-corrected chi connectivity index (χ4v) is 7.87. The number of rotatable bonds is 13. The van der Waals surface area contributed by atoms with Gasteiger partial charge >= 0.3 is 0 Å². The van der Waals surface area contributed by atoms with E-state index in [1.54, 1.807) is 71.6 Å². The molecule has 0 aromatic heterocycles. The van der Waals surface area contributed by atoms with Crippen molar-refractivity contribution in [3.8, 4) is 5.75 Å². The van der Waals surface area contributed by atoms with Crippen LogP contribution in [0.4, 0.5) is 0 Å². The van der Waals surface area contributed by atoms with Gasteiger partial charge < -0.3 is 19.8 Å². The molecule has 48 heavy (non-hydrogen) atoms. The van der Waals surface area contributed by atoms with Crippen molar-refractivity contribution >= 4 is 45.0 Å². The van der Waals surface area contributed by atoms with Crippen molar-refractivity contribution in [3.05, 3.63) is 99.0 Å². The van der Waals surface area contributed by atoms with Gasteiger partial charge in [0, 0.05) is 34.1 Å². The lowest BCUT2D eigenvalue weighted by Gasteiger charge is -2.49. The second-order valence-corrected chi connectivity index (χ2v) is 14.7. The summed E-state index contributed by atoms with van der Waals surface area (Å²) in [6.45, 7) is 0.367. The largest absolute Gasteiger partial charge is 0.494 e. The number of hydrogen-bond acceptors (Lipinski definition) is 8. The first-order valence-corrected chi connectivity index (χ1v) is 18.4. The summed E-state index contributed by atoms with van der Waals surface area (Å²) in [4.78, 5) is 35.9. The Morgan fingerprint density at radius 1 is 1.02 bits per heavy atom. The lowest BCUT2D eigenvalue weighted by atomic mass is 9.76. The fourth-order valence-electron chi connectivity index (χ4n) is 6.52. The molecule has 258 valence electrons. The molecular formula is C34H39Cl2N3O8S. The molecule has 0 saturated heterocycles.